The smallest absolute Gasteiger partial charge is 0.418 e. The van der Waals surface area contributed by atoms with E-state index >= 15 is 0 Å². The molecule has 0 N–H and O–H groups in total. The van der Waals surface area contributed by atoms with Gasteiger partial charge in [0.2, 0.25) is 0 Å². The SMILES string of the molecule is CCCCC[P+](C)(CCCCC)CCCCC.F[B-](F)(F)F. The second-order valence-electron chi connectivity index (χ2n) is 6.41. The van der Waals surface area contributed by atoms with Crippen molar-refractivity contribution in [1.29, 1.82) is 0 Å². The van der Waals surface area contributed by atoms with Crippen molar-refractivity contribution in [2.24, 2.45) is 0 Å². The van der Waals surface area contributed by atoms with Gasteiger partial charge in [0.05, 0.1) is 18.5 Å². The maximum absolute atomic E-state index is 9.75. The predicted molar refractivity (Wildman–Crippen MR) is 96.2 cm³/mol. The van der Waals surface area contributed by atoms with Crippen LogP contribution in [0, 0.1) is 0 Å². The van der Waals surface area contributed by atoms with Crippen molar-refractivity contribution in [3.05, 3.63) is 0 Å². The maximum atomic E-state index is 9.75. The van der Waals surface area contributed by atoms with E-state index in [9.17, 15) is 17.3 Å². The molecule has 0 bridgehead atoms. The fourth-order valence-electron chi connectivity index (χ4n) is 2.57. The molecule has 136 valence electrons. The average Bonchev–Trinajstić information content (AvgIpc) is 2.38. The molecule has 0 nitrogen and oxygen atoms in total. The van der Waals surface area contributed by atoms with Crippen LogP contribution in [0.15, 0.2) is 0 Å². The summed E-state index contributed by atoms with van der Waals surface area (Å²) in [7, 11) is -6.56. The number of hydrogen-bond donors (Lipinski definition) is 0. The van der Waals surface area contributed by atoms with Gasteiger partial charge < -0.3 is 17.3 Å². The van der Waals surface area contributed by atoms with E-state index in [4.69, 9.17) is 0 Å². The summed E-state index contributed by atoms with van der Waals surface area (Å²) in [5, 5.41) is 0. The van der Waals surface area contributed by atoms with E-state index in [-0.39, 0.29) is 0 Å². The minimum absolute atomic E-state index is 0.558. The normalized spacial score (nSPS) is 12.0. The van der Waals surface area contributed by atoms with Crippen LogP contribution in [-0.2, 0) is 0 Å². The monoisotopic (exact) mass is 346 g/mol. The Kier molecular flexibility index (Phi) is 16.4. The van der Waals surface area contributed by atoms with Crippen LogP contribution in [0.2, 0.25) is 0 Å². The van der Waals surface area contributed by atoms with Crippen LogP contribution in [0.3, 0.4) is 0 Å². The lowest BCUT2D eigenvalue weighted by Crippen LogP contribution is -2.07. The van der Waals surface area contributed by atoms with Crippen LogP contribution >= 0.6 is 7.26 Å². The van der Waals surface area contributed by atoms with Gasteiger partial charge in [-0.25, -0.2) is 0 Å². The van der Waals surface area contributed by atoms with E-state index in [1.165, 1.54) is 57.8 Å². The first kappa shape index (κ1) is 24.5. The average molecular weight is 346 g/mol. The van der Waals surface area contributed by atoms with E-state index in [2.05, 4.69) is 27.4 Å². The van der Waals surface area contributed by atoms with Crippen molar-refractivity contribution < 1.29 is 17.3 Å². The van der Waals surface area contributed by atoms with E-state index in [1.807, 2.05) is 0 Å². The second-order valence-corrected chi connectivity index (χ2v) is 11.0. The molecule has 0 fully saturated rings. The van der Waals surface area contributed by atoms with Gasteiger partial charge in [-0.15, -0.1) is 0 Å². The first-order valence-electron chi connectivity index (χ1n) is 8.89. The van der Waals surface area contributed by atoms with Crippen molar-refractivity contribution in [3.63, 3.8) is 0 Å². The van der Waals surface area contributed by atoms with Crippen molar-refractivity contribution in [2.75, 3.05) is 25.2 Å². The molecule has 0 atom stereocenters. The third-order valence-corrected chi connectivity index (χ3v) is 8.09. The predicted octanol–water partition coefficient (Wildman–Crippen LogP) is 7.50. The summed E-state index contributed by atoms with van der Waals surface area (Å²) in [5.74, 6) is 0. The zero-order valence-electron chi connectivity index (χ0n) is 15.0. The first-order chi connectivity index (χ1) is 10.2. The summed E-state index contributed by atoms with van der Waals surface area (Å²) in [6.45, 7) is 9.63. The molecular weight excluding hydrogens is 310 g/mol. The standard InChI is InChI=1S/C16H36P.BF4/c1-5-8-11-14-17(4,15-12-9-6-2)16-13-10-7-3;2-1(3,4)5/h5-16H2,1-4H3;/q+1;-1. The zero-order valence-corrected chi connectivity index (χ0v) is 15.9. The molecule has 0 saturated heterocycles. The minimum Gasteiger partial charge on any atom is -0.418 e. The molecule has 0 radical (unpaired) electrons. The summed E-state index contributed by atoms with van der Waals surface area (Å²) in [6.07, 6.45) is 17.7. The molecule has 0 aromatic rings. The Morgan fingerprint density at radius 3 is 1.00 bits per heavy atom. The Morgan fingerprint density at radius 1 is 0.591 bits per heavy atom. The zero-order chi connectivity index (χ0) is 17.5. The lowest BCUT2D eigenvalue weighted by atomic mass is 10.3. The van der Waals surface area contributed by atoms with Crippen molar-refractivity contribution in [3.8, 4) is 0 Å². The Morgan fingerprint density at radius 2 is 0.818 bits per heavy atom. The fourth-order valence-corrected chi connectivity index (χ4v) is 6.20. The highest BCUT2D eigenvalue weighted by molar-refractivity contribution is 7.75. The molecule has 22 heavy (non-hydrogen) atoms. The Bertz CT molecular complexity index is 202. The minimum atomic E-state index is -6.00. The van der Waals surface area contributed by atoms with Crippen LogP contribution in [0.5, 0.6) is 0 Å². The highest BCUT2D eigenvalue weighted by Crippen LogP contribution is 2.57. The van der Waals surface area contributed by atoms with Gasteiger partial charge >= 0.3 is 7.25 Å². The highest BCUT2D eigenvalue weighted by atomic mass is 31.2. The van der Waals surface area contributed by atoms with Gasteiger partial charge in [-0.3, -0.25) is 0 Å². The second kappa shape index (κ2) is 14.8. The fraction of sp³-hybridized carbons (Fsp3) is 1.00. The van der Waals surface area contributed by atoms with E-state index in [0.717, 1.165) is 0 Å². The summed E-state index contributed by atoms with van der Waals surface area (Å²) in [6, 6.07) is 0. The maximum Gasteiger partial charge on any atom is 0.673 e. The van der Waals surface area contributed by atoms with Crippen LogP contribution < -0.4 is 0 Å². The molecule has 0 rings (SSSR count). The molecule has 0 amide bonds. The summed E-state index contributed by atoms with van der Waals surface area (Å²) >= 11 is 0. The largest absolute Gasteiger partial charge is 0.673 e. The molecule has 0 aliphatic heterocycles. The molecule has 0 aliphatic carbocycles. The van der Waals surface area contributed by atoms with Gasteiger partial charge in [-0.2, -0.15) is 0 Å². The van der Waals surface area contributed by atoms with E-state index in [0.29, 0.717) is 0 Å². The quantitative estimate of drug-likeness (QED) is 0.148. The molecular formula is C16H36BF4P. The summed E-state index contributed by atoms with van der Waals surface area (Å²) < 4.78 is 39.0. The van der Waals surface area contributed by atoms with Crippen molar-refractivity contribution in [1.82, 2.24) is 0 Å². The first-order valence-corrected chi connectivity index (χ1v) is 11.7. The van der Waals surface area contributed by atoms with E-state index in [1.54, 1.807) is 18.5 Å². The topological polar surface area (TPSA) is 0 Å². The van der Waals surface area contributed by atoms with Gasteiger partial charge in [0.1, 0.15) is 0 Å². The summed E-state index contributed by atoms with van der Waals surface area (Å²) in [5.41, 5.74) is 0. The Labute approximate surface area is 136 Å². The molecule has 0 saturated carbocycles. The molecule has 6 heteroatoms. The summed E-state index contributed by atoms with van der Waals surface area (Å²) in [4.78, 5) is 0. The number of hydrogen-bond acceptors (Lipinski definition) is 0. The van der Waals surface area contributed by atoms with Crippen LogP contribution in [0.4, 0.5) is 17.3 Å². The number of unbranched alkanes of at least 4 members (excludes halogenated alkanes) is 6. The van der Waals surface area contributed by atoms with Gasteiger partial charge in [-0.1, -0.05) is 59.3 Å². The van der Waals surface area contributed by atoms with Gasteiger partial charge in [0.25, 0.3) is 0 Å². The molecule has 0 unspecified atom stereocenters. The van der Waals surface area contributed by atoms with Crippen LogP contribution in [-0.4, -0.2) is 32.4 Å². The van der Waals surface area contributed by atoms with Gasteiger partial charge in [0.15, 0.2) is 0 Å². The van der Waals surface area contributed by atoms with E-state index < -0.39 is 14.5 Å². The molecule has 0 aromatic carbocycles. The van der Waals surface area contributed by atoms with Gasteiger partial charge in [-0.05, 0) is 19.3 Å². The molecule has 0 aliphatic rings. The molecule has 0 aromatic heterocycles. The van der Waals surface area contributed by atoms with Crippen LogP contribution in [0.25, 0.3) is 0 Å². The molecule has 0 heterocycles. The molecule has 0 spiro atoms. The lowest BCUT2D eigenvalue weighted by molar-refractivity contribution is 0.368. The third-order valence-electron chi connectivity index (χ3n) is 3.90. The van der Waals surface area contributed by atoms with Gasteiger partial charge in [0, 0.05) is 13.9 Å². The third kappa shape index (κ3) is 22.5. The highest BCUT2D eigenvalue weighted by Gasteiger charge is 2.29. The van der Waals surface area contributed by atoms with Crippen molar-refractivity contribution in [2.45, 2.75) is 78.6 Å². The van der Waals surface area contributed by atoms with Crippen molar-refractivity contribution >= 4 is 14.5 Å². The Balaban J connectivity index is 0. The van der Waals surface area contributed by atoms with Crippen LogP contribution in [0.1, 0.15) is 78.6 Å². The lowest BCUT2D eigenvalue weighted by Gasteiger charge is -2.23. The number of halogens is 4. The number of rotatable bonds is 12. The Hall–Kier alpha value is 0.215.